The minimum Gasteiger partial charge on any atom is -0.444 e. The molecular formula is C20H27BBrClFNO4. The van der Waals surface area contributed by atoms with E-state index in [9.17, 15) is 9.18 Å². The molecule has 1 saturated heterocycles. The van der Waals surface area contributed by atoms with Gasteiger partial charge in [0, 0.05) is 21.6 Å². The maximum atomic E-state index is 14.5. The molecule has 1 heterocycles. The molecule has 1 aliphatic heterocycles. The molecule has 9 heteroatoms. The van der Waals surface area contributed by atoms with E-state index in [-0.39, 0.29) is 17.1 Å². The molecule has 0 bridgehead atoms. The van der Waals surface area contributed by atoms with Gasteiger partial charge in [0.2, 0.25) is 0 Å². The zero-order chi connectivity index (χ0) is 22.2. The number of nitrogens with one attached hydrogen (secondary N) is 1. The van der Waals surface area contributed by atoms with Gasteiger partial charge in [-0.2, -0.15) is 0 Å². The lowest BCUT2D eigenvalue weighted by Crippen LogP contribution is -2.41. The number of benzene rings is 1. The van der Waals surface area contributed by atoms with E-state index < -0.39 is 35.8 Å². The average molecular weight is 491 g/mol. The maximum absolute atomic E-state index is 14.5. The van der Waals surface area contributed by atoms with Gasteiger partial charge in [-0.3, -0.25) is 0 Å². The summed E-state index contributed by atoms with van der Waals surface area (Å²) in [4.78, 5) is 12.1. The van der Waals surface area contributed by atoms with E-state index >= 15 is 0 Å². The van der Waals surface area contributed by atoms with E-state index in [4.69, 9.17) is 25.6 Å². The molecular weight excluding hydrogens is 463 g/mol. The monoisotopic (exact) mass is 489 g/mol. The number of alkyl carbamates (subject to hydrolysis) is 1. The first-order chi connectivity index (χ1) is 13.1. The molecule has 2 rings (SSSR count). The zero-order valence-corrected chi connectivity index (χ0v) is 20.1. The van der Waals surface area contributed by atoms with Crippen LogP contribution in [-0.4, -0.2) is 36.6 Å². The van der Waals surface area contributed by atoms with Gasteiger partial charge in [-0.05, 0) is 66.1 Å². The molecule has 1 N–H and O–H groups in total. The standard InChI is InChI=1S/C20H27BBrClFNO4/c1-18(2,3)27-17(26)25-11-12(21-28-19(4,5)20(6,7)29-21)8-14-15(22)9-13(23)10-16(14)24/h8-10H,11H2,1-7H3,(H,25,26). The Hall–Kier alpha value is -1.09. The number of hydrogen-bond donors (Lipinski definition) is 1. The highest BCUT2D eigenvalue weighted by Gasteiger charge is 2.52. The number of rotatable bonds is 4. The zero-order valence-electron chi connectivity index (χ0n) is 17.8. The minimum atomic E-state index is -0.767. The lowest BCUT2D eigenvalue weighted by molar-refractivity contribution is 0.00578. The molecule has 1 fully saturated rings. The van der Waals surface area contributed by atoms with Crippen molar-refractivity contribution in [3.05, 3.63) is 38.5 Å². The van der Waals surface area contributed by atoms with Gasteiger partial charge in [0.05, 0.1) is 11.2 Å². The van der Waals surface area contributed by atoms with Crippen LogP contribution in [0.15, 0.2) is 22.1 Å². The number of ether oxygens (including phenoxy) is 1. The summed E-state index contributed by atoms with van der Waals surface area (Å²) in [5, 5.41) is 2.96. The molecule has 0 saturated carbocycles. The van der Waals surface area contributed by atoms with E-state index in [1.165, 1.54) is 6.07 Å². The van der Waals surface area contributed by atoms with E-state index in [0.717, 1.165) is 0 Å². The van der Waals surface area contributed by atoms with Gasteiger partial charge < -0.3 is 19.4 Å². The summed E-state index contributed by atoms with van der Waals surface area (Å²) in [7, 11) is -0.767. The predicted molar refractivity (Wildman–Crippen MR) is 117 cm³/mol. The summed E-state index contributed by atoms with van der Waals surface area (Å²) in [6.45, 7) is 13.1. The van der Waals surface area contributed by atoms with E-state index in [1.807, 2.05) is 27.7 Å². The Balaban J connectivity index is 2.36. The van der Waals surface area contributed by atoms with Gasteiger partial charge in [0.25, 0.3) is 0 Å². The van der Waals surface area contributed by atoms with Crippen molar-refractivity contribution in [1.29, 1.82) is 0 Å². The second-order valence-electron chi connectivity index (χ2n) is 8.95. The van der Waals surface area contributed by atoms with Crippen LogP contribution in [0.25, 0.3) is 6.08 Å². The molecule has 0 radical (unpaired) electrons. The van der Waals surface area contributed by atoms with Crippen LogP contribution in [0.4, 0.5) is 9.18 Å². The summed E-state index contributed by atoms with van der Waals surface area (Å²) in [5.74, 6) is -0.504. The summed E-state index contributed by atoms with van der Waals surface area (Å²) >= 11 is 9.25. The minimum absolute atomic E-state index is 0.0558. The Kier molecular flexibility index (Phi) is 7.15. The van der Waals surface area contributed by atoms with Crippen molar-refractivity contribution in [2.75, 3.05) is 6.54 Å². The third-order valence-electron chi connectivity index (χ3n) is 4.77. The fraction of sp³-hybridized carbons (Fsp3) is 0.550. The van der Waals surface area contributed by atoms with Crippen LogP contribution in [0.5, 0.6) is 0 Å². The molecule has 0 aliphatic carbocycles. The van der Waals surface area contributed by atoms with Crippen LogP contribution in [0, 0.1) is 5.82 Å². The third-order valence-corrected chi connectivity index (χ3v) is 5.64. The van der Waals surface area contributed by atoms with Gasteiger partial charge in [-0.1, -0.05) is 33.6 Å². The van der Waals surface area contributed by atoms with Crippen molar-refractivity contribution in [2.24, 2.45) is 0 Å². The number of amides is 1. The Labute approximate surface area is 185 Å². The van der Waals surface area contributed by atoms with Gasteiger partial charge in [-0.15, -0.1) is 0 Å². The van der Waals surface area contributed by atoms with Crippen LogP contribution < -0.4 is 5.32 Å². The average Bonchev–Trinajstić information content (AvgIpc) is 2.71. The van der Waals surface area contributed by atoms with Crippen molar-refractivity contribution in [2.45, 2.75) is 65.3 Å². The fourth-order valence-electron chi connectivity index (χ4n) is 2.56. The Morgan fingerprint density at radius 2 is 1.83 bits per heavy atom. The second-order valence-corrected chi connectivity index (χ2v) is 10.2. The lowest BCUT2D eigenvalue weighted by atomic mass is 9.77. The number of carbonyl (C=O) groups excluding carboxylic acids is 1. The Morgan fingerprint density at radius 3 is 2.31 bits per heavy atom. The van der Waals surface area contributed by atoms with Crippen LogP contribution >= 0.6 is 27.5 Å². The molecule has 5 nitrogen and oxygen atoms in total. The van der Waals surface area contributed by atoms with Crippen molar-refractivity contribution < 1.29 is 23.2 Å². The largest absolute Gasteiger partial charge is 0.492 e. The SMILES string of the molecule is CC(C)(C)OC(=O)NCC(=Cc1c(F)cc(Cl)cc1Br)B1OC(C)(C)C(C)(C)O1. The predicted octanol–water partition coefficient (Wildman–Crippen LogP) is 5.78. The van der Waals surface area contributed by atoms with Crippen molar-refractivity contribution in [3.63, 3.8) is 0 Å². The highest BCUT2D eigenvalue weighted by Crippen LogP contribution is 2.39. The van der Waals surface area contributed by atoms with E-state index in [1.54, 1.807) is 32.9 Å². The summed E-state index contributed by atoms with van der Waals surface area (Å²) < 4.78 is 32.5. The topological polar surface area (TPSA) is 56.8 Å². The quantitative estimate of drug-likeness (QED) is 0.544. The number of halogens is 3. The number of carbonyl (C=O) groups is 1. The Bertz CT molecular complexity index is 784. The first kappa shape index (κ1) is 24.2. The third kappa shape index (κ3) is 6.20. The fourth-order valence-corrected chi connectivity index (χ4v) is 3.45. The molecule has 1 amide bonds. The van der Waals surface area contributed by atoms with Gasteiger partial charge >= 0.3 is 13.2 Å². The smallest absolute Gasteiger partial charge is 0.444 e. The molecule has 0 unspecified atom stereocenters. The molecule has 0 spiro atoms. The van der Waals surface area contributed by atoms with Gasteiger partial charge in [-0.25, -0.2) is 9.18 Å². The van der Waals surface area contributed by atoms with Crippen LogP contribution in [-0.2, 0) is 14.0 Å². The second kappa shape index (κ2) is 8.57. The molecule has 0 aromatic heterocycles. The normalized spacial score (nSPS) is 18.7. The van der Waals surface area contributed by atoms with Crippen LogP contribution in [0.1, 0.15) is 54.0 Å². The number of hydrogen-bond acceptors (Lipinski definition) is 4. The highest BCUT2D eigenvalue weighted by molar-refractivity contribution is 9.10. The molecule has 1 aliphatic rings. The lowest BCUT2D eigenvalue weighted by Gasteiger charge is -2.32. The van der Waals surface area contributed by atoms with E-state index in [0.29, 0.717) is 9.95 Å². The van der Waals surface area contributed by atoms with E-state index in [2.05, 4.69) is 21.2 Å². The summed E-state index contributed by atoms with van der Waals surface area (Å²) in [5.41, 5.74) is -0.984. The first-order valence-electron chi connectivity index (χ1n) is 9.29. The maximum Gasteiger partial charge on any atom is 0.492 e. The molecule has 160 valence electrons. The molecule has 1 aromatic carbocycles. The highest BCUT2D eigenvalue weighted by atomic mass is 79.9. The molecule has 0 atom stereocenters. The summed E-state index contributed by atoms with van der Waals surface area (Å²) in [6, 6.07) is 2.82. The molecule has 29 heavy (non-hydrogen) atoms. The van der Waals surface area contributed by atoms with Crippen LogP contribution in [0.2, 0.25) is 5.02 Å². The Morgan fingerprint density at radius 1 is 1.28 bits per heavy atom. The molecule has 1 aromatic rings. The summed E-state index contributed by atoms with van der Waals surface area (Å²) in [6.07, 6.45) is 1.01. The van der Waals surface area contributed by atoms with Crippen molar-refractivity contribution in [1.82, 2.24) is 5.32 Å². The van der Waals surface area contributed by atoms with Crippen LogP contribution in [0.3, 0.4) is 0 Å². The van der Waals surface area contributed by atoms with Crippen molar-refractivity contribution >= 4 is 46.8 Å². The van der Waals surface area contributed by atoms with Crippen molar-refractivity contribution in [3.8, 4) is 0 Å². The first-order valence-corrected chi connectivity index (χ1v) is 10.5. The van der Waals surface area contributed by atoms with Gasteiger partial charge in [0.1, 0.15) is 11.4 Å². The van der Waals surface area contributed by atoms with Gasteiger partial charge in [0.15, 0.2) is 0 Å².